The molecule has 0 saturated heterocycles. The summed E-state index contributed by atoms with van der Waals surface area (Å²) in [4.78, 5) is 0. The molecule has 0 unspecified atom stereocenters. The van der Waals surface area contributed by atoms with Gasteiger partial charge in [-0.15, -0.1) is 0 Å². The number of para-hydroxylation sites is 1. The number of fused-ring (bicyclic) bond motifs is 1. The third-order valence-electron chi connectivity index (χ3n) is 3.26. The highest BCUT2D eigenvalue weighted by Gasteiger charge is 2.25. The number of anilines is 1. The second-order valence-corrected chi connectivity index (χ2v) is 5.39. The Morgan fingerprint density at radius 2 is 1.95 bits per heavy atom. The van der Waals surface area contributed by atoms with Gasteiger partial charge in [0.25, 0.3) is 0 Å². The molecule has 0 bridgehead atoms. The van der Waals surface area contributed by atoms with Crippen molar-refractivity contribution in [2.45, 2.75) is 0 Å². The smallest absolute Gasteiger partial charge is 0.328 e. The van der Waals surface area contributed by atoms with E-state index in [0.717, 1.165) is 15.8 Å². The van der Waals surface area contributed by atoms with Crippen LogP contribution >= 0.6 is 15.9 Å². The van der Waals surface area contributed by atoms with Gasteiger partial charge in [0.15, 0.2) is 0 Å². The van der Waals surface area contributed by atoms with E-state index in [9.17, 15) is 0 Å². The van der Waals surface area contributed by atoms with Gasteiger partial charge in [-0.3, -0.25) is 0 Å². The lowest BCUT2D eigenvalue weighted by molar-refractivity contribution is 0.415. The number of ether oxygens (including phenoxy) is 1. The number of hydrogen-bond donors (Lipinski definition) is 1. The Labute approximate surface area is 121 Å². The second-order valence-electron chi connectivity index (χ2n) is 4.47. The van der Waals surface area contributed by atoms with Crippen molar-refractivity contribution in [1.82, 2.24) is 0 Å². The average Bonchev–Trinajstić information content (AvgIpc) is 2.46. The van der Waals surface area contributed by atoms with E-state index in [-0.39, 0.29) is 6.85 Å². The minimum atomic E-state index is 0.130. The van der Waals surface area contributed by atoms with Crippen LogP contribution in [0.25, 0.3) is 6.08 Å². The fraction of sp³-hybridized carbons (Fsp3) is 0.0667. The van der Waals surface area contributed by atoms with Crippen LogP contribution in [-0.2, 0) is 0 Å². The molecule has 1 aliphatic heterocycles. The fourth-order valence-corrected chi connectivity index (χ4v) is 2.90. The van der Waals surface area contributed by atoms with Crippen LogP contribution in [0.5, 0.6) is 5.75 Å². The van der Waals surface area contributed by atoms with Gasteiger partial charge in [-0.1, -0.05) is 46.3 Å². The number of halogens is 1. The number of rotatable bonds is 2. The maximum absolute atomic E-state index is 5.29. The molecule has 3 rings (SSSR count). The fourth-order valence-electron chi connectivity index (χ4n) is 2.27. The van der Waals surface area contributed by atoms with Crippen LogP contribution in [-0.4, -0.2) is 14.0 Å². The van der Waals surface area contributed by atoms with Gasteiger partial charge in [0.1, 0.15) is 5.75 Å². The largest absolute Gasteiger partial charge is 0.497 e. The molecule has 19 heavy (non-hydrogen) atoms. The minimum absolute atomic E-state index is 0.130. The van der Waals surface area contributed by atoms with Gasteiger partial charge in [-0.25, -0.2) is 0 Å². The predicted octanol–water partition coefficient (Wildman–Crippen LogP) is 3.29. The summed E-state index contributed by atoms with van der Waals surface area (Å²) < 4.78 is 6.41. The van der Waals surface area contributed by atoms with Crippen LogP contribution in [0.1, 0.15) is 5.56 Å². The summed E-state index contributed by atoms with van der Waals surface area (Å²) in [5.74, 6) is 0.874. The zero-order valence-corrected chi connectivity index (χ0v) is 12.1. The Hall–Kier alpha value is -1.68. The van der Waals surface area contributed by atoms with E-state index in [1.807, 2.05) is 24.3 Å². The first kappa shape index (κ1) is 12.4. The Balaban J connectivity index is 1.99. The van der Waals surface area contributed by atoms with Crippen LogP contribution in [0.3, 0.4) is 0 Å². The highest BCUT2D eigenvalue weighted by molar-refractivity contribution is 9.12. The van der Waals surface area contributed by atoms with Crippen LogP contribution < -0.4 is 15.4 Å². The van der Waals surface area contributed by atoms with Crippen LogP contribution in [0.4, 0.5) is 5.69 Å². The monoisotopic (exact) mass is 313 g/mol. The first-order valence-electron chi connectivity index (χ1n) is 6.14. The molecule has 4 heteroatoms. The molecule has 2 aromatic carbocycles. The highest BCUT2D eigenvalue weighted by atomic mass is 79.9. The summed E-state index contributed by atoms with van der Waals surface area (Å²) in [6, 6.07) is 16.4. The Kier molecular flexibility index (Phi) is 3.34. The predicted molar refractivity (Wildman–Crippen MR) is 85.4 cm³/mol. The lowest BCUT2D eigenvalue weighted by Gasteiger charge is -2.23. The van der Waals surface area contributed by atoms with E-state index in [1.165, 1.54) is 11.0 Å². The molecule has 1 N–H and O–H groups in total. The summed E-state index contributed by atoms with van der Waals surface area (Å²) in [6.07, 6.45) is 2.16. The Morgan fingerprint density at radius 3 is 2.79 bits per heavy atom. The zero-order chi connectivity index (χ0) is 13.2. The average molecular weight is 314 g/mol. The summed E-state index contributed by atoms with van der Waals surface area (Å²) in [5.41, 5.74) is 3.53. The van der Waals surface area contributed by atoms with Crippen LogP contribution in [0.15, 0.2) is 52.9 Å². The van der Waals surface area contributed by atoms with Gasteiger partial charge in [-0.2, -0.15) is 0 Å². The van der Waals surface area contributed by atoms with Crippen molar-refractivity contribution >= 4 is 40.0 Å². The summed E-state index contributed by atoms with van der Waals surface area (Å²) in [6.45, 7) is 0.130. The Bertz CT molecular complexity index is 642. The van der Waals surface area contributed by atoms with Crippen molar-refractivity contribution < 1.29 is 4.74 Å². The van der Waals surface area contributed by atoms with Crippen molar-refractivity contribution in [3.05, 3.63) is 58.5 Å². The first-order valence-corrected chi connectivity index (χ1v) is 6.94. The van der Waals surface area contributed by atoms with E-state index in [4.69, 9.17) is 4.74 Å². The van der Waals surface area contributed by atoms with Gasteiger partial charge in [0.05, 0.1) is 7.11 Å². The molecule has 0 atom stereocenters. The minimum Gasteiger partial charge on any atom is -0.497 e. The molecular weight excluding hydrogens is 301 g/mol. The van der Waals surface area contributed by atoms with E-state index >= 15 is 0 Å². The van der Waals surface area contributed by atoms with Crippen molar-refractivity contribution in [3.63, 3.8) is 0 Å². The summed E-state index contributed by atoms with van der Waals surface area (Å²) in [5, 5.41) is 3.54. The van der Waals surface area contributed by atoms with E-state index in [2.05, 4.69) is 51.5 Å². The molecule has 0 spiro atoms. The molecule has 1 heterocycles. The molecule has 0 aromatic heterocycles. The quantitative estimate of drug-likeness (QED) is 0.859. The Morgan fingerprint density at radius 1 is 1.11 bits per heavy atom. The van der Waals surface area contributed by atoms with Gasteiger partial charge < -0.3 is 9.96 Å². The van der Waals surface area contributed by atoms with E-state index < -0.39 is 0 Å². The van der Waals surface area contributed by atoms with Gasteiger partial charge in [0, 0.05) is 5.69 Å². The number of hydrogen-bond acceptors (Lipinski definition) is 2. The molecule has 2 aromatic rings. The number of benzene rings is 2. The van der Waals surface area contributed by atoms with E-state index in [1.54, 1.807) is 7.11 Å². The van der Waals surface area contributed by atoms with Crippen molar-refractivity contribution in [3.8, 4) is 5.75 Å². The van der Waals surface area contributed by atoms with Gasteiger partial charge >= 0.3 is 6.85 Å². The van der Waals surface area contributed by atoms with Crippen molar-refractivity contribution in [2.75, 3.05) is 12.3 Å². The molecule has 0 saturated carbocycles. The van der Waals surface area contributed by atoms with Gasteiger partial charge in [0.2, 0.25) is 0 Å². The van der Waals surface area contributed by atoms with Gasteiger partial charge in [-0.05, 0) is 39.7 Å². The number of methoxy groups -OCH3 is 1. The van der Waals surface area contributed by atoms with Crippen molar-refractivity contribution in [1.29, 1.82) is 0 Å². The van der Waals surface area contributed by atoms with Crippen molar-refractivity contribution in [2.24, 2.45) is 0 Å². The third kappa shape index (κ3) is 2.40. The first-order chi connectivity index (χ1) is 9.28. The lowest BCUT2D eigenvalue weighted by Crippen LogP contribution is -2.40. The standard InChI is InChI=1S/C15H13BBrNO/c1-19-13-7-4-6-12(10-13)16-15(17)9-11-5-2-3-8-14(11)18-16/h2-10,18H,1H3. The summed E-state index contributed by atoms with van der Waals surface area (Å²) >= 11 is 3.67. The molecule has 1 aliphatic rings. The maximum atomic E-state index is 5.29. The van der Waals surface area contributed by atoms with Crippen LogP contribution in [0.2, 0.25) is 0 Å². The topological polar surface area (TPSA) is 21.3 Å². The summed E-state index contributed by atoms with van der Waals surface area (Å²) in [7, 11) is 1.69. The van der Waals surface area contributed by atoms with Crippen LogP contribution in [0, 0.1) is 0 Å². The zero-order valence-electron chi connectivity index (χ0n) is 10.6. The molecular formula is C15H13BBrNO. The molecule has 0 fully saturated rings. The molecule has 0 aliphatic carbocycles. The molecule has 0 amide bonds. The lowest BCUT2D eigenvalue weighted by atomic mass is 9.54. The molecule has 94 valence electrons. The maximum Gasteiger partial charge on any atom is 0.328 e. The highest BCUT2D eigenvalue weighted by Crippen LogP contribution is 2.28. The molecule has 0 radical (unpaired) electrons. The SMILES string of the molecule is COc1cccc(B2Nc3ccccc3C=C2Br)c1. The second kappa shape index (κ2) is 5.13. The molecule has 2 nitrogen and oxygen atoms in total. The number of nitrogens with one attached hydrogen (secondary N) is 1. The third-order valence-corrected chi connectivity index (χ3v) is 3.94. The normalized spacial score (nSPS) is 13.4. The van der Waals surface area contributed by atoms with E-state index in [0.29, 0.717) is 0 Å².